The molecule has 6 nitrogen and oxygen atoms in total. The van der Waals surface area contributed by atoms with Gasteiger partial charge in [-0.15, -0.1) is 5.11 Å². The van der Waals surface area contributed by atoms with Crippen LogP contribution in [0, 0.1) is 17.1 Å². The van der Waals surface area contributed by atoms with Crippen molar-refractivity contribution < 1.29 is 18.7 Å². The molecule has 0 fully saturated rings. The SMILES string of the molecule is CCCCCCCCOc1ccc(C(=O)Oc2ccc(N=Nc3cccc(F)c3)c(C#N)c2)cc1. The minimum Gasteiger partial charge on any atom is -0.494 e. The maximum atomic E-state index is 13.3. The molecular weight excluding hydrogens is 445 g/mol. The third-order valence-corrected chi connectivity index (χ3v) is 5.24. The standard InChI is InChI=1S/C28H28FN3O3/c1-2-3-4-5-6-7-17-34-25-13-11-21(12-14-25)28(33)35-26-15-16-27(22(18-26)20-30)32-31-24-10-8-9-23(29)19-24/h8-16,18-19H,2-7,17H2,1H3. The monoisotopic (exact) mass is 473 g/mol. The van der Waals surface area contributed by atoms with E-state index in [1.165, 1.54) is 62.1 Å². The van der Waals surface area contributed by atoms with E-state index >= 15 is 0 Å². The molecule has 0 N–H and O–H groups in total. The van der Waals surface area contributed by atoms with Crippen LogP contribution in [-0.2, 0) is 0 Å². The highest BCUT2D eigenvalue weighted by molar-refractivity contribution is 5.91. The number of rotatable bonds is 12. The Bertz CT molecular complexity index is 1190. The van der Waals surface area contributed by atoms with Gasteiger partial charge in [0.2, 0.25) is 0 Å². The van der Waals surface area contributed by atoms with Gasteiger partial charge in [0.25, 0.3) is 0 Å². The summed E-state index contributed by atoms with van der Waals surface area (Å²) in [7, 11) is 0. The van der Waals surface area contributed by atoms with Gasteiger partial charge in [-0.25, -0.2) is 9.18 Å². The lowest BCUT2D eigenvalue weighted by Crippen LogP contribution is -2.08. The summed E-state index contributed by atoms with van der Waals surface area (Å²) in [5.74, 6) is -0.0679. The highest BCUT2D eigenvalue weighted by atomic mass is 19.1. The van der Waals surface area contributed by atoms with E-state index in [2.05, 4.69) is 17.2 Å². The number of azo groups is 1. The fraction of sp³-hybridized carbons (Fsp3) is 0.286. The Morgan fingerprint density at radius 2 is 1.66 bits per heavy atom. The van der Waals surface area contributed by atoms with Crippen LogP contribution >= 0.6 is 0 Å². The van der Waals surface area contributed by atoms with Crippen molar-refractivity contribution in [3.05, 3.63) is 83.7 Å². The van der Waals surface area contributed by atoms with Gasteiger partial charge in [0.1, 0.15) is 29.1 Å². The molecule has 3 rings (SSSR count). The molecule has 0 amide bonds. The van der Waals surface area contributed by atoms with Crippen molar-refractivity contribution in [3.63, 3.8) is 0 Å². The van der Waals surface area contributed by atoms with Gasteiger partial charge in [0, 0.05) is 12.1 Å². The predicted octanol–water partition coefficient (Wildman–Crippen LogP) is 8.07. The van der Waals surface area contributed by atoms with E-state index in [1.807, 2.05) is 6.07 Å². The molecule has 0 aliphatic heterocycles. The molecule has 7 heteroatoms. The Kier molecular flexibility index (Phi) is 9.94. The van der Waals surface area contributed by atoms with E-state index in [0.29, 0.717) is 23.6 Å². The van der Waals surface area contributed by atoms with Crippen LogP contribution in [0.5, 0.6) is 11.5 Å². The van der Waals surface area contributed by atoms with Gasteiger partial charge in [-0.3, -0.25) is 0 Å². The van der Waals surface area contributed by atoms with E-state index in [-0.39, 0.29) is 17.0 Å². The second-order valence-corrected chi connectivity index (χ2v) is 8.00. The summed E-state index contributed by atoms with van der Waals surface area (Å²) in [6.07, 6.45) is 7.17. The smallest absolute Gasteiger partial charge is 0.343 e. The molecule has 0 unspecified atom stereocenters. The van der Waals surface area contributed by atoms with Gasteiger partial charge in [-0.1, -0.05) is 45.1 Å². The maximum Gasteiger partial charge on any atom is 0.343 e. The number of hydrogen-bond acceptors (Lipinski definition) is 6. The first-order chi connectivity index (χ1) is 17.1. The van der Waals surface area contributed by atoms with Crippen molar-refractivity contribution in [2.24, 2.45) is 10.2 Å². The fourth-order valence-corrected chi connectivity index (χ4v) is 3.33. The molecule has 0 spiro atoms. The van der Waals surface area contributed by atoms with E-state index in [9.17, 15) is 14.4 Å². The molecule has 0 bridgehead atoms. The van der Waals surface area contributed by atoms with Crippen molar-refractivity contribution >= 4 is 17.3 Å². The van der Waals surface area contributed by atoms with Crippen LogP contribution in [0.4, 0.5) is 15.8 Å². The lowest BCUT2D eigenvalue weighted by molar-refractivity contribution is 0.0734. The van der Waals surface area contributed by atoms with Crippen LogP contribution in [0.3, 0.4) is 0 Å². The molecule has 0 atom stereocenters. The number of esters is 1. The summed E-state index contributed by atoms with van der Waals surface area (Å²) >= 11 is 0. The number of carbonyl (C=O) groups excluding carboxylic acids is 1. The second-order valence-electron chi connectivity index (χ2n) is 8.00. The molecule has 3 aromatic carbocycles. The van der Waals surface area contributed by atoms with Crippen LogP contribution < -0.4 is 9.47 Å². The molecular formula is C28H28FN3O3. The van der Waals surface area contributed by atoms with E-state index in [0.717, 1.165) is 12.8 Å². The zero-order valence-electron chi connectivity index (χ0n) is 19.7. The highest BCUT2D eigenvalue weighted by Gasteiger charge is 2.11. The molecule has 0 aliphatic rings. The highest BCUT2D eigenvalue weighted by Crippen LogP contribution is 2.27. The predicted molar refractivity (Wildman–Crippen MR) is 132 cm³/mol. The van der Waals surface area contributed by atoms with E-state index < -0.39 is 11.8 Å². The van der Waals surface area contributed by atoms with Crippen LogP contribution in [0.1, 0.15) is 61.4 Å². The van der Waals surface area contributed by atoms with Gasteiger partial charge in [0.15, 0.2) is 0 Å². The number of unbranched alkanes of at least 4 members (excludes halogenated alkanes) is 5. The first kappa shape index (κ1) is 25.6. The number of carbonyl (C=O) groups is 1. The Morgan fingerprint density at radius 3 is 2.40 bits per heavy atom. The largest absolute Gasteiger partial charge is 0.494 e. The maximum absolute atomic E-state index is 13.3. The first-order valence-electron chi connectivity index (χ1n) is 11.8. The Labute approximate surface area is 205 Å². The number of halogens is 1. The lowest BCUT2D eigenvalue weighted by Gasteiger charge is -2.08. The molecule has 3 aromatic rings. The summed E-state index contributed by atoms with van der Waals surface area (Å²) < 4.78 is 24.4. The number of hydrogen-bond donors (Lipinski definition) is 0. The van der Waals surface area contributed by atoms with Crippen molar-refractivity contribution in [2.45, 2.75) is 45.4 Å². The molecule has 0 radical (unpaired) electrons. The van der Waals surface area contributed by atoms with Gasteiger partial charge in [-0.2, -0.15) is 10.4 Å². The van der Waals surface area contributed by atoms with Crippen LogP contribution in [-0.4, -0.2) is 12.6 Å². The van der Waals surface area contributed by atoms with Gasteiger partial charge >= 0.3 is 5.97 Å². The minimum atomic E-state index is -0.550. The Hall–Kier alpha value is -4.05. The van der Waals surface area contributed by atoms with E-state index in [4.69, 9.17) is 9.47 Å². The minimum absolute atomic E-state index is 0.175. The molecule has 0 saturated heterocycles. The Morgan fingerprint density at radius 1 is 0.914 bits per heavy atom. The molecule has 0 saturated carbocycles. The molecule has 35 heavy (non-hydrogen) atoms. The van der Waals surface area contributed by atoms with Crippen LogP contribution in [0.2, 0.25) is 0 Å². The average molecular weight is 474 g/mol. The lowest BCUT2D eigenvalue weighted by atomic mass is 10.1. The third-order valence-electron chi connectivity index (χ3n) is 5.24. The first-order valence-corrected chi connectivity index (χ1v) is 11.8. The molecule has 180 valence electrons. The van der Waals surface area contributed by atoms with Gasteiger partial charge in [-0.05, 0) is 55.0 Å². The Balaban J connectivity index is 1.54. The third kappa shape index (κ3) is 8.35. The van der Waals surface area contributed by atoms with E-state index in [1.54, 1.807) is 30.3 Å². The number of nitrogens with zero attached hydrogens (tertiary/aromatic N) is 3. The van der Waals surface area contributed by atoms with Crippen molar-refractivity contribution in [3.8, 4) is 17.6 Å². The number of benzene rings is 3. The summed E-state index contributed by atoms with van der Waals surface area (Å²) in [5.41, 5.74) is 1.14. The summed E-state index contributed by atoms with van der Waals surface area (Å²) in [5, 5.41) is 17.4. The average Bonchev–Trinajstić information content (AvgIpc) is 2.87. The van der Waals surface area contributed by atoms with Crippen molar-refractivity contribution in [2.75, 3.05) is 6.61 Å². The van der Waals surface area contributed by atoms with Crippen molar-refractivity contribution in [1.82, 2.24) is 0 Å². The summed E-state index contributed by atoms with van der Waals surface area (Å²) in [6.45, 7) is 2.85. The van der Waals surface area contributed by atoms with Gasteiger partial charge in [0.05, 0.1) is 23.4 Å². The quantitative estimate of drug-likeness (QED) is 0.115. The number of ether oxygens (including phenoxy) is 2. The van der Waals surface area contributed by atoms with Crippen molar-refractivity contribution in [1.29, 1.82) is 5.26 Å². The normalized spacial score (nSPS) is 10.8. The fourth-order valence-electron chi connectivity index (χ4n) is 3.33. The summed E-state index contributed by atoms with van der Waals surface area (Å²) in [4.78, 5) is 12.5. The van der Waals surface area contributed by atoms with Gasteiger partial charge < -0.3 is 9.47 Å². The second kappa shape index (κ2) is 13.6. The molecule has 0 heterocycles. The zero-order valence-corrected chi connectivity index (χ0v) is 19.7. The summed E-state index contributed by atoms with van der Waals surface area (Å²) in [6, 6.07) is 18.9. The number of nitriles is 1. The van der Waals surface area contributed by atoms with Crippen LogP contribution in [0.15, 0.2) is 77.0 Å². The van der Waals surface area contributed by atoms with Crippen LogP contribution in [0.25, 0.3) is 0 Å². The molecule has 0 aromatic heterocycles. The topological polar surface area (TPSA) is 84.0 Å². The molecule has 0 aliphatic carbocycles. The zero-order chi connectivity index (χ0) is 24.9.